The number of fused-ring (bicyclic) bond motifs is 1. The number of benzene rings is 2. The minimum absolute atomic E-state index is 0.0939. The van der Waals surface area contributed by atoms with E-state index in [2.05, 4.69) is 15.5 Å². The second kappa shape index (κ2) is 7.65. The predicted octanol–water partition coefficient (Wildman–Crippen LogP) is 4.18. The Bertz CT molecular complexity index is 1050. The van der Waals surface area contributed by atoms with Crippen molar-refractivity contribution in [2.75, 3.05) is 5.32 Å². The lowest BCUT2D eigenvalue weighted by Gasteiger charge is -2.21. The Morgan fingerprint density at radius 1 is 1.29 bits per heavy atom. The Morgan fingerprint density at radius 3 is 2.86 bits per heavy atom. The lowest BCUT2D eigenvalue weighted by molar-refractivity contribution is -0.115. The molecule has 7 nitrogen and oxygen atoms in total. The number of rotatable bonds is 4. The highest BCUT2D eigenvalue weighted by Gasteiger charge is 2.24. The molecule has 3 aromatic rings. The van der Waals surface area contributed by atoms with Crippen LogP contribution in [0.3, 0.4) is 0 Å². The van der Waals surface area contributed by atoms with Gasteiger partial charge in [-0.25, -0.2) is 4.79 Å². The molecule has 0 saturated heterocycles. The van der Waals surface area contributed by atoms with Gasteiger partial charge in [-0.15, -0.1) is 11.8 Å². The monoisotopic (exact) mass is 415 g/mol. The molecule has 1 aliphatic heterocycles. The first-order valence-electron chi connectivity index (χ1n) is 8.37. The van der Waals surface area contributed by atoms with Crippen LogP contribution in [0.4, 0.5) is 5.69 Å². The van der Waals surface area contributed by atoms with E-state index >= 15 is 0 Å². The summed E-state index contributed by atoms with van der Waals surface area (Å²) in [6.45, 7) is 1.67. The third-order valence-corrected chi connectivity index (χ3v) is 5.47. The van der Waals surface area contributed by atoms with E-state index in [0.717, 1.165) is 10.5 Å². The largest absolute Gasteiger partial charge is 0.452 e. The van der Waals surface area contributed by atoms with Crippen LogP contribution in [0.1, 0.15) is 23.2 Å². The second-order valence-electron chi connectivity index (χ2n) is 6.06. The molecule has 1 amide bonds. The van der Waals surface area contributed by atoms with Gasteiger partial charge < -0.3 is 14.6 Å². The molecule has 0 fully saturated rings. The Kier molecular flexibility index (Phi) is 5.06. The zero-order valence-corrected chi connectivity index (χ0v) is 16.2. The van der Waals surface area contributed by atoms with Gasteiger partial charge >= 0.3 is 5.97 Å². The fraction of sp³-hybridized carbons (Fsp3) is 0.158. The third kappa shape index (κ3) is 3.88. The topological polar surface area (TPSA) is 94.3 Å². The van der Waals surface area contributed by atoms with E-state index in [9.17, 15) is 9.59 Å². The van der Waals surface area contributed by atoms with Gasteiger partial charge in [0.1, 0.15) is 0 Å². The Balaban J connectivity index is 1.42. The molecule has 0 aliphatic carbocycles. The molecule has 9 heteroatoms. The number of nitrogens with one attached hydrogen (secondary N) is 1. The van der Waals surface area contributed by atoms with Gasteiger partial charge in [0, 0.05) is 15.5 Å². The summed E-state index contributed by atoms with van der Waals surface area (Å²) in [6, 6.07) is 12.0. The Hall–Kier alpha value is -2.84. The zero-order valence-electron chi connectivity index (χ0n) is 14.6. The number of carbonyl (C=O) groups excluding carboxylic acids is 2. The summed E-state index contributed by atoms with van der Waals surface area (Å²) in [4.78, 5) is 29.2. The second-order valence-corrected chi connectivity index (χ2v) is 7.87. The van der Waals surface area contributed by atoms with Crippen LogP contribution in [0.25, 0.3) is 11.4 Å². The summed E-state index contributed by atoms with van der Waals surface area (Å²) in [5.41, 5.74) is 1.67. The summed E-state index contributed by atoms with van der Waals surface area (Å²) < 4.78 is 10.4. The first-order valence-corrected chi connectivity index (χ1v) is 9.62. The molecule has 0 spiro atoms. The van der Waals surface area contributed by atoms with Gasteiger partial charge in [-0.2, -0.15) is 4.98 Å². The summed E-state index contributed by atoms with van der Waals surface area (Å²) in [6.07, 6.45) is 0. The van der Waals surface area contributed by atoms with Crippen LogP contribution in [-0.2, 0) is 16.1 Å². The number of amides is 1. The van der Waals surface area contributed by atoms with Crippen LogP contribution in [-0.4, -0.2) is 27.3 Å². The number of esters is 1. The van der Waals surface area contributed by atoms with Gasteiger partial charge in [-0.05, 0) is 49.4 Å². The molecule has 28 heavy (non-hydrogen) atoms. The van der Waals surface area contributed by atoms with Gasteiger partial charge in [0.15, 0.2) is 6.61 Å². The van der Waals surface area contributed by atoms with Crippen molar-refractivity contribution in [1.29, 1.82) is 0 Å². The van der Waals surface area contributed by atoms with Crippen molar-refractivity contribution < 1.29 is 18.8 Å². The number of anilines is 1. The van der Waals surface area contributed by atoms with Crippen molar-refractivity contribution in [2.45, 2.75) is 23.7 Å². The van der Waals surface area contributed by atoms with E-state index in [1.807, 2.05) is 6.92 Å². The number of carbonyl (C=O) groups is 2. The molecule has 2 heterocycles. The normalized spacial score (nSPS) is 15.6. The minimum Gasteiger partial charge on any atom is -0.452 e. The fourth-order valence-corrected chi connectivity index (χ4v) is 3.63. The van der Waals surface area contributed by atoms with Crippen molar-refractivity contribution in [3.05, 3.63) is 58.9 Å². The summed E-state index contributed by atoms with van der Waals surface area (Å²) in [5.74, 6) is -0.0881. The van der Waals surface area contributed by atoms with Gasteiger partial charge in [-0.3, -0.25) is 4.79 Å². The van der Waals surface area contributed by atoms with Crippen LogP contribution < -0.4 is 5.32 Å². The van der Waals surface area contributed by atoms with Crippen molar-refractivity contribution >= 4 is 40.9 Å². The Morgan fingerprint density at radius 2 is 2.07 bits per heavy atom. The predicted molar refractivity (Wildman–Crippen MR) is 104 cm³/mol. The molecule has 0 unspecified atom stereocenters. The smallest absolute Gasteiger partial charge is 0.338 e. The van der Waals surface area contributed by atoms with Crippen molar-refractivity contribution in [1.82, 2.24) is 10.1 Å². The molecule has 142 valence electrons. The van der Waals surface area contributed by atoms with E-state index in [1.54, 1.807) is 42.5 Å². The number of ether oxygens (including phenoxy) is 1. The highest BCUT2D eigenvalue weighted by Crippen LogP contribution is 2.36. The molecule has 1 aromatic heterocycles. The van der Waals surface area contributed by atoms with Crippen molar-refractivity contribution in [3.63, 3.8) is 0 Å². The van der Waals surface area contributed by atoms with Crippen LogP contribution >= 0.6 is 23.4 Å². The molecule has 1 aliphatic rings. The van der Waals surface area contributed by atoms with Crippen LogP contribution in [0.5, 0.6) is 0 Å². The zero-order chi connectivity index (χ0) is 19.7. The summed E-state index contributed by atoms with van der Waals surface area (Å²) in [5, 5.41) is 7.09. The maximum Gasteiger partial charge on any atom is 0.338 e. The SMILES string of the molecule is C[C@@H]1Sc2ccc(C(=O)OCc3nc(-c4ccc(Cl)cc4)no3)cc2NC1=O. The quantitative estimate of drug-likeness (QED) is 0.638. The number of thioether (sulfide) groups is 1. The first-order chi connectivity index (χ1) is 13.5. The number of aromatic nitrogens is 2. The van der Waals surface area contributed by atoms with E-state index < -0.39 is 5.97 Å². The highest BCUT2D eigenvalue weighted by molar-refractivity contribution is 8.00. The molecule has 2 aromatic carbocycles. The molecule has 4 rings (SSSR count). The molecular weight excluding hydrogens is 402 g/mol. The Labute approximate surface area is 169 Å². The van der Waals surface area contributed by atoms with Crippen LogP contribution in [0.15, 0.2) is 51.9 Å². The number of nitrogens with zero attached hydrogens (tertiary/aromatic N) is 2. The van der Waals surface area contributed by atoms with Gasteiger partial charge in [0.05, 0.1) is 16.5 Å². The van der Waals surface area contributed by atoms with Gasteiger partial charge in [0.25, 0.3) is 5.89 Å². The molecule has 0 radical (unpaired) electrons. The first kappa shape index (κ1) is 18.5. The standard InChI is InChI=1S/C19H14ClN3O4S/c1-10-18(24)21-14-8-12(4-7-15(14)28-10)19(25)26-9-16-22-17(23-27-16)11-2-5-13(20)6-3-11/h2-8,10H,9H2,1H3,(H,21,24)/t10-/m0/s1. The van der Waals surface area contributed by atoms with E-state index in [-0.39, 0.29) is 23.7 Å². The number of hydrogen-bond acceptors (Lipinski definition) is 7. The van der Waals surface area contributed by atoms with Crippen molar-refractivity contribution in [3.8, 4) is 11.4 Å². The minimum atomic E-state index is -0.549. The molecular formula is C19H14ClN3O4S. The summed E-state index contributed by atoms with van der Waals surface area (Å²) in [7, 11) is 0. The average molecular weight is 416 g/mol. The average Bonchev–Trinajstić information content (AvgIpc) is 3.16. The van der Waals surface area contributed by atoms with E-state index in [0.29, 0.717) is 22.1 Å². The van der Waals surface area contributed by atoms with Crippen LogP contribution in [0, 0.1) is 0 Å². The molecule has 1 atom stereocenters. The van der Waals surface area contributed by atoms with Gasteiger partial charge in [-0.1, -0.05) is 16.8 Å². The third-order valence-electron chi connectivity index (χ3n) is 4.04. The number of hydrogen-bond donors (Lipinski definition) is 1. The fourth-order valence-electron chi connectivity index (χ4n) is 2.58. The van der Waals surface area contributed by atoms with E-state index in [1.165, 1.54) is 11.8 Å². The summed E-state index contributed by atoms with van der Waals surface area (Å²) >= 11 is 7.31. The van der Waals surface area contributed by atoms with E-state index in [4.69, 9.17) is 20.9 Å². The number of halogens is 1. The lowest BCUT2D eigenvalue weighted by atomic mass is 10.2. The van der Waals surface area contributed by atoms with Gasteiger partial charge in [0.2, 0.25) is 11.7 Å². The van der Waals surface area contributed by atoms with Crippen LogP contribution in [0.2, 0.25) is 5.02 Å². The highest BCUT2D eigenvalue weighted by atomic mass is 35.5. The maximum absolute atomic E-state index is 12.3. The molecule has 1 N–H and O–H groups in total. The lowest BCUT2D eigenvalue weighted by Crippen LogP contribution is -2.26. The molecule has 0 bridgehead atoms. The van der Waals surface area contributed by atoms with Crippen molar-refractivity contribution in [2.24, 2.45) is 0 Å². The molecule has 0 saturated carbocycles. The maximum atomic E-state index is 12.3.